The first kappa shape index (κ1) is 21.5. The average molecular weight is 367 g/mol. The number of nitrogens with one attached hydrogen (secondary N) is 2. The molecule has 0 atom stereocenters. The molecule has 1 heterocycles. The second kappa shape index (κ2) is 8.68. The van der Waals surface area contributed by atoms with Crippen LogP contribution in [0.2, 0.25) is 0 Å². The Kier molecular flexibility index (Phi) is 7.17. The number of imidazole rings is 1. The number of nitrogens with zero attached hydrogens (tertiary/aromatic N) is 3. The molecule has 0 aromatic carbocycles. The molecule has 0 spiro atoms. The third-order valence-electron chi connectivity index (χ3n) is 2.63. The molecule has 0 radical (unpaired) electrons. The number of aryl methyl sites for hydroxylation is 1. The van der Waals surface area contributed by atoms with Gasteiger partial charge in [0, 0.05) is 26.2 Å². The molecule has 0 saturated carbocycles. The van der Waals surface area contributed by atoms with Crippen LogP contribution < -0.4 is 10.6 Å². The highest BCUT2D eigenvalue weighted by Gasteiger charge is 2.21. The highest BCUT2D eigenvalue weighted by Crippen LogP contribution is 2.07. The van der Waals surface area contributed by atoms with Gasteiger partial charge in [0.15, 0.2) is 0 Å². The number of alkyl carbamates (subject to hydrolysis) is 2. The van der Waals surface area contributed by atoms with Gasteiger partial charge in [0.25, 0.3) is 0 Å². The normalized spacial score (nSPS) is 11.5. The number of guanidine groups is 1. The molecule has 0 aliphatic carbocycles. The van der Waals surface area contributed by atoms with Gasteiger partial charge >= 0.3 is 12.2 Å². The molecular formula is C17H29N5O4. The first-order chi connectivity index (χ1) is 11.8. The third-order valence-corrected chi connectivity index (χ3v) is 2.63. The van der Waals surface area contributed by atoms with Gasteiger partial charge < -0.3 is 14.0 Å². The van der Waals surface area contributed by atoms with Crippen LogP contribution in [-0.4, -0.2) is 45.4 Å². The van der Waals surface area contributed by atoms with Crippen LogP contribution in [0.3, 0.4) is 0 Å². The van der Waals surface area contributed by atoms with E-state index in [0.717, 1.165) is 5.69 Å². The smallest absolute Gasteiger partial charge is 0.414 e. The lowest BCUT2D eigenvalue weighted by Crippen LogP contribution is -2.47. The highest BCUT2D eigenvalue weighted by molar-refractivity contribution is 6.01. The van der Waals surface area contributed by atoms with E-state index in [9.17, 15) is 9.59 Å². The maximum atomic E-state index is 12.0. The fourth-order valence-electron chi connectivity index (χ4n) is 1.79. The summed E-state index contributed by atoms with van der Waals surface area (Å²) in [6, 6.07) is 0. The summed E-state index contributed by atoms with van der Waals surface area (Å²) in [6.07, 6.45) is 2.68. The number of carbonyl (C=O) groups is 2. The van der Waals surface area contributed by atoms with Crippen LogP contribution in [0.1, 0.15) is 47.2 Å². The number of aliphatic imine (C=N–C) groups is 1. The molecule has 1 aromatic heterocycles. The van der Waals surface area contributed by atoms with Crippen molar-refractivity contribution in [3.05, 3.63) is 18.2 Å². The fraction of sp³-hybridized carbons (Fsp3) is 0.647. The number of carbonyl (C=O) groups excluding carboxylic acids is 2. The van der Waals surface area contributed by atoms with Gasteiger partial charge in [-0.2, -0.15) is 0 Å². The largest absolute Gasteiger partial charge is 0.444 e. The van der Waals surface area contributed by atoms with Crippen LogP contribution in [0.15, 0.2) is 17.5 Å². The standard InChI is InChI=1S/C17H29N5O4/c1-16(2,3)25-14(23)20-13(21-15(24)26-17(4,5)6)18-9-8-12-10-22(7)11-19-12/h10-11H,8-9H2,1-7H3,(H2,18,20,21,23,24). The molecule has 26 heavy (non-hydrogen) atoms. The van der Waals surface area contributed by atoms with Crippen LogP contribution in [-0.2, 0) is 22.9 Å². The van der Waals surface area contributed by atoms with E-state index in [1.165, 1.54) is 0 Å². The van der Waals surface area contributed by atoms with Crippen molar-refractivity contribution in [1.29, 1.82) is 0 Å². The van der Waals surface area contributed by atoms with Gasteiger partial charge in [-0.3, -0.25) is 15.6 Å². The van der Waals surface area contributed by atoms with E-state index in [2.05, 4.69) is 20.6 Å². The van der Waals surface area contributed by atoms with E-state index in [-0.39, 0.29) is 5.96 Å². The molecule has 1 aromatic rings. The second-order valence-electron chi connectivity index (χ2n) is 7.76. The molecule has 9 nitrogen and oxygen atoms in total. The monoisotopic (exact) mass is 367 g/mol. The van der Waals surface area contributed by atoms with E-state index in [1.807, 2.05) is 17.8 Å². The number of hydrogen-bond acceptors (Lipinski definition) is 6. The van der Waals surface area contributed by atoms with Crippen molar-refractivity contribution in [3.63, 3.8) is 0 Å². The molecule has 1 rings (SSSR count). The van der Waals surface area contributed by atoms with Crippen molar-refractivity contribution in [2.24, 2.45) is 12.0 Å². The molecule has 146 valence electrons. The Hall–Kier alpha value is -2.58. The minimum atomic E-state index is -0.717. The summed E-state index contributed by atoms with van der Waals surface area (Å²) in [5.74, 6) is -0.0376. The molecule has 0 bridgehead atoms. The van der Waals surface area contributed by atoms with Gasteiger partial charge in [-0.1, -0.05) is 0 Å². The number of amides is 2. The van der Waals surface area contributed by atoms with Crippen molar-refractivity contribution >= 4 is 18.1 Å². The zero-order valence-corrected chi connectivity index (χ0v) is 16.5. The summed E-state index contributed by atoms with van der Waals surface area (Å²) in [5, 5.41) is 4.87. The molecule has 0 unspecified atom stereocenters. The number of rotatable bonds is 3. The van der Waals surface area contributed by atoms with E-state index in [4.69, 9.17) is 9.47 Å². The maximum Gasteiger partial charge on any atom is 0.414 e. The minimum absolute atomic E-state index is 0.0376. The van der Waals surface area contributed by atoms with Gasteiger partial charge in [-0.25, -0.2) is 14.6 Å². The summed E-state index contributed by atoms with van der Waals surface area (Å²) in [5.41, 5.74) is -0.491. The molecule has 9 heteroatoms. The Morgan fingerprint density at radius 3 is 1.96 bits per heavy atom. The van der Waals surface area contributed by atoms with Crippen molar-refractivity contribution < 1.29 is 19.1 Å². The van der Waals surface area contributed by atoms with Gasteiger partial charge in [0.05, 0.1) is 12.0 Å². The molecule has 2 amide bonds. The Labute approximate surface area is 154 Å². The first-order valence-corrected chi connectivity index (χ1v) is 8.35. The van der Waals surface area contributed by atoms with Crippen LogP contribution in [0.5, 0.6) is 0 Å². The lowest BCUT2D eigenvalue weighted by Gasteiger charge is -2.22. The predicted octanol–water partition coefficient (Wildman–Crippen LogP) is 2.37. The minimum Gasteiger partial charge on any atom is -0.444 e. The SMILES string of the molecule is Cn1cnc(CCN=C(NC(=O)OC(C)(C)C)NC(=O)OC(C)(C)C)c1. The summed E-state index contributed by atoms with van der Waals surface area (Å²) >= 11 is 0. The highest BCUT2D eigenvalue weighted by atomic mass is 16.6. The quantitative estimate of drug-likeness (QED) is 0.630. The molecule has 2 N–H and O–H groups in total. The lowest BCUT2D eigenvalue weighted by molar-refractivity contribution is 0.0545. The molecule has 0 aliphatic heterocycles. The molecular weight excluding hydrogens is 338 g/mol. The zero-order chi connectivity index (χ0) is 20.0. The van der Waals surface area contributed by atoms with Gasteiger partial charge in [-0.15, -0.1) is 0 Å². The Morgan fingerprint density at radius 2 is 1.58 bits per heavy atom. The third kappa shape index (κ3) is 9.65. The van der Waals surface area contributed by atoms with Crippen molar-refractivity contribution in [2.45, 2.75) is 59.2 Å². The van der Waals surface area contributed by atoms with E-state index < -0.39 is 23.4 Å². The zero-order valence-electron chi connectivity index (χ0n) is 16.5. The number of aromatic nitrogens is 2. The van der Waals surface area contributed by atoms with Gasteiger partial charge in [-0.05, 0) is 41.5 Å². The summed E-state index contributed by atoms with van der Waals surface area (Å²) in [7, 11) is 1.87. The Bertz CT molecular complexity index is 621. The van der Waals surface area contributed by atoms with Crippen molar-refractivity contribution in [2.75, 3.05) is 6.54 Å². The van der Waals surface area contributed by atoms with E-state index in [1.54, 1.807) is 47.9 Å². The Morgan fingerprint density at radius 1 is 1.08 bits per heavy atom. The van der Waals surface area contributed by atoms with Crippen LogP contribution in [0.4, 0.5) is 9.59 Å². The first-order valence-electron chi connectivity index (χ1n) is 8.35. The molecule has 0 fully saturated rings. The Balaban J connectivity index is 2.74. The van der Waals surface area contributed by atoms with Crippen LogP contribution in [0, 0.1) is 0 Å². The van der Waals surface area contributed by atoms with Crippen molar-refractivity contribution in [1.82, 2.24) is 20.2 Å². The topological polar surface area (TPSA) is 107 Å². The fourth-order valence-corrected chi connectivity index (χ4v) is 1.79. The van der Waals surface area contributed by atoms with Crippen LogP contribution in [0.25, 0.3) is 0 Å². The molecule has 0 aliphatic rings. The van der Waals surface area contributed by atoms with Gasteiger partial charge in [0.2, 0.25) is 5.96 Å². The van der Waals surface area contributed by atoms with E-state index >= 15 is 0 Å². The summed E-state index contributed by atoms with van der Waals surface area (Å²) in [4.78, 5) is 32.3. The van der Waals surface area contributed by atoms with E-state index in [0.29, 0.717) is 13.0 Å². The van der Waals surface area contributed by atoms with Crippen molar-refractivity contribution in [3.8, 4) is 0 Å². The van der Waals surface area contributed by atoms with Gasteiger partial charge in [0.1, 0.15) is 11.2 Å². The predicted molar refractivity (Wildman–Crippen MR) is 98.0 cm³/mol. The number of hydrogen-bond donors (Lipinski definition) is 2. The summed E-state index contributed by atoms with van der Waals surface area (Å²) in [6.45, 7) is 10.8. The summed E-state index contributed by atoms with van der Waals surface area (Å²) < 4.78 is 12.2. The maximum absolute atomic E-state index is 12.0. The average Bonchev–Trinajstić information content (AvgIpc) is 2.79. The lowest BCUT2D eigenvalue weighted by atomic mass is 10.2. The number of ether oxygens (including phenoxy) is 2. The van der Waals surface area contributed by atoms with Crippen LogP contribution >= 0.6 is 0 Å². The second-order valence-corrected chi connectivity index (χ2v) is 7.76. The molecule has 0 saturated heterocycles.